The van der Waals surface area contributed by atoms with Gasteiger partial charge in [0.25, 0.3) is 11.7 Å². The van der Waals surface area contributed by atoms with Crippen LogP contribution < -0.4 is 0 Å². The first kappa shape index (κ1) is 18.9. The number of hydrogen-bond donors (Lipinski definition) is 2. The van der Waals surface area contributed by atoms with Crippen molar-refractivity contribution in [3.05, 3.63) is 46.7 Å². The second-order valence-electron chi connectivity index (χ2n) is 6.97. The van der Waals surface area contributed by atoms with Gasteiger partial charge in [-0.25, -0.2) is 0 Å². The zero-order valence-electron chi connectivity index (χ0n) is 15.9. The number of nitrogens with zero attached hydrogens (tertiary/aromatic N) is 3. The first-order valence-electron chi connectivity index (χ1n) is 8.81. The molecule has 8 heteroatoms. The molecule has 1 atom stereocenters. The number of aryl methyl sites for hydroxylation is 2. The third-order valence-corrected chi connectivity index (χ3v) is 4.72. The van der Waals surface area contributed by atoms with Crippen LogP contribution in [0.3, 0.4) is 0 Å². The molecule has 0 aliphatic carbocycles. The van der Waals surface area contributed by atoms with Crippen LogP contribution in [0.5, 0.6) is 0 Å². The second kappa shape index (κ2) is 7.40. The number of aromatic amines is 1. The van der Waals surface area contributed by atoms with Gasteiger partial charge in [-0.3, -0.25) is 14.7 Å². The number of aliphatic hydroxyl groups is 1. The van der Waals surface area contributed by atoms with Crippen LogP contribution >= 0.6 is 0 Å². The number of likely N-dealkylation sites (tertiary alicyclic amines) is 1. The van der Waals surface area contributed by atoms with E-state index in [9.17, 15) is 14.7 Å². The van der Waals surface area contributed by atoms with Gasteiger partial charge in [-0.2, -0.15) is 5.10 Å². The number of aliphatic hydroxyl groups excluding tert-OH is 1. The first-order valence-corrected chi connectivity index (χ1v) is 8.81. The van der Waals surface area contributed by atoms with Gasteiger partial charge in [0.2, 0.25) is 0 Å². The summed E-state index contributed by atoms with van der Waals surface area (Å²) in [4.78, 5) is 29.0. The number of Topliss-reactive ketones (excluding diaryl/α,β-unsaturated/α-hetero) is 1. The third-order valence-electron chi connectivity index (χ3n) is 4.72. The van der Waals surface area contributed by atoms with E-state index in [-0.39, 0.29) is 11.3 Å². The molecule has 1 fully saturated rings. The maximum absolute atomic E-state index is 12.8. The van der Waals surface area contributed by atoms with Gasteiger partial charge in [0, 0.05) is 12.2 Å². The standard InChI is InChI=1S/C19H24N4O4/c1-11-14(12(2)21-20-11)17(24)15-16(13-7-5-10-27-13)23(19(26)18(15)25)9-6-8-22(3)4/h5,7,10,16,24H,6,8-9H2,1-4H3,(H,20,21)/b17-15+. The van der Waals surface area contributed by atoms with Crippen LogP contribution in [-0.2, 0) is 9.59 Å². The SMILES string of the molecule is Cc1n[nH]c(C)c1/C(O)=C1\C(=O)C(=O)N(CCCN(C)C)C1c1ccco1. The van der Waals surface area contributed by atoms with E-state index in [1.54, 1.807) is 26.0 Å². The van der Waals surface area contributed by atoms with Crippen LogP contribution in [-0.4, -0.2) is 64.0 Å². The van der Waals surface area contributed by atoms with Gasteiger partial charge in [-0.15, -0.1) is 0 Å². The van der Waals surface area contributed by atoms with Crippen molar-refractivity contribution in [1.82, 2.24) is 20.0 Å². The summed E-state index contributed by atoms with van der Waals surface area (Å²) in [6.07, 6.45) is 2.19. The molecule has 3 rings (SSSR count). The van der Waals surface area contributed by atoms with Gasteiger partial charge >= 0.3 is 0 Å². The number of carbonyl (C=O) groups is 2. The van der Waals surface area contributed by atoms with Crippen molar-refractivity contribution in [2.45, 2.75) is 26.3 Å². The Hall–Kier alpha value is -2.87. The zero-order valence-corrected chi connectivity index (χ0v) is 15.9. The Bertz CT molecular complexity index is 860. The number of furan rings is 1. The number of carbonyl (C=O) groups excluding carboxylic acids is 2. The average molecular weight is 372 g/mol. The molecule has 1 aliphatic rings. The van der Waals surface area contributed by atoms with Gasteiger partial charge in [0.05, 0.1) is 23.1 Å². The van der Waals surface area contributed by atoms with E-state index in [2.05, 4.69) is 10.2 Å². The highest BCUT2D eigenvalue weighted by Gasteiger charge is 2.47. The van der Waals surface area contributed by atoms with Gasteiger partial charge < -0.3 is 19.3 Å². The number of nitrogens with one attached hydrogen (secondary N) is 1. The van der Waals surface area contributed by atoms with Crippen molar-refractivity contribution in [3.63, 3.8) is 0 Å². The van der Waals surface area contributed by atoms with Crippen LogP contribution in [0.4, 0.5) is 0 Å². The Balaban J connectivity index is 2.08. The Morgan fingerprint density at radius 3 is 2.67 bits per heavy atom. The lowest BCUT2D eigenvalue weighted by Gasteiger charge is -2.24. The van der Waals surface area contributed by atoms with E-state index >= 15 is 0 Å². The van der Waals surface area contributed by atoms with Gasteiger partial charge in [0.15, 0.2) is 0 Å². The lowest BCUT2D eigenvalue weighted by atomic mass is 9.98. The lowest BCUT2D eigenvalue weighted by Crippen LogP contribution is -2.32. The van der Waals surface area contributed by atoms with Crippen molar-refractivity contribution < 1.29 is 19.1 Å². The van der Waals surface area contributed by atoms with Crippen molar-refractivity contribution in [2.24, 2.45) is 0 Å². The highest BCUT2D eigenvalue weighted by Crippen LogP contribution is 2.40. The van der Waals surface area contributed by atoms with E-state index in [1.165, 1.54) is 11.2 Å². The molecule has 1 aliphatic heterocycles. The number of hydrogen-bond acceptors (Lipinski definition) is 6. The maximum Gasteiger partial charge on any atom is 0.295 e. The molecule has 0 aromatic carbocycles. The molecule has 144 valence electrons. The van der Waals surface area contributed by atoms with E-state index in [4.69, 9.17) is 4.42 Å². The largest absolute Gasteiger partial charge is 0.507 e. The Morgan fingerprint density at radius 1 is 1.37 bits per heavy atom. The highest BCUT2D eigenvalue weighted by atomic mass is 16.3. The average Bonchev–Trinajstić information content (AvgIpc) is 3.30. The molecule has 27 heavy (non-hydrogen) atoms. The van der Waals surface area contributed by atoms with Crippen LogP contribution in [0.2, 0.25) is 0 Å². The Labute approximate surface area is 157 Å². The predicted molar refractivity (Wildman–Crippen MR) is 99.0 cm³/mol. The fourth-order valence-electron chi connectivity index (χ4n) is 3.45. The van der Waals surface area contributed by atoms with Crippen molar-refractivity contribution in [2.75, 3.05) is 27.2 Å². The topological polar surface area (TPSA) is 103 Å². The normalized spacial score (nSPS) is 19.4. The molecule has 2 aromatic heterocycles. The summed E-state index contributed by atoms with van der Waals surface area (Å²) < 4.78 is 5.50. The number of ketones is 1. The van der Waals surface area contributed by atoms with E-state index in [1.807, 2.05) is 19.0 Å². The predicted octanol–water partition coefficient (Wildman–Crippen LogP) is 1.99. The summed E-state index contributed by atoms with van der Waals surface area (Å²) >= 11 is 0. The molecule has 8 nitrogen and oxygen atoms in total. The fourth-order valence-corrected chi connectivity index (χ4v) is 3.45. The number of amides is 1. The van der Waals surface area contributed by atoms with Crippen molar-refractivity contribution in [3.8, 4) is 0 Å². The lowest BCUT2D eigenvalue weighted by molar-refractivity contribution is -0.140. The summed E-state index contributed by atoms with van der Waals surface area (Å²) in [5.74, 6) is -1.12. The third kappa shape index (κ3) is 3.40. The van der Waals surface area contributed by atoms with Crippen LogP contribution in [0.15, 0.2) is 28.4 Å². The van der Waals surface area contributed by atoms with E-state index in [0.29, 0.717) is 35.7 Å². The van der Waals surface area contributed by atoms with Crippen molar-refractivity contribution >= 4 is 17.4 Å². The molecule has 1 saturated heterocycles. The van der Waals surface area contributed by atoms with Gasteiger partial charge in [-0.05, 0) is 53.0 Å². The maximum atomic E-state index is 12.8. The quantitative estimate of drug-likeness (QED) is 0.457. The van der Waals surface area contributed by atoms with Gasteiger partial charge in [0.1, 0.15) is 17.6 Å². The molecule has 1 amide bonds. The van der Waals surface area contributed by atoms with Crippen LogP contribution in [0, 0.1) is 13.8 Å². The molecule has 0 bridgehead atoms. The molecule has 0 spiro atoms. The number of H-pyrrole nitrogens is 1. The summed E-state index contributed by atoms with van der Waals surface area (Å²) in [5.41, 5.74) is 1.66. The molecule has 3 heterocycles. The first-order chi connectivity index (χ1) is 12.8. The monoisotopic (exact) mass is 372 g/mol. The fraction of sp³-hybridized carbons (Fsp3) is 0.421. The summed E-state index contributed by atoms with van der Waals surface area (Å²) in [7, 11) is 3.89. The number of rotatable bonds is 6. The summed E-state index contributed by atoms with van der Waals surface area (Å²) in [6, 6.07) is 2.65. The minimum absolute atomic E-state index is 0.0346. The molecule has 1 unspecified atom stereocenters. The highest BCUT2D eigenvalue weighted by molar-refractivity contribution is 6.46. The minimum Gasteiger partial charge on any atom is -0.507 e. The van der Waals surface area contributed by atoms with Crippen LogP contribution in [0.25, 0.3) is 5.76 Å². The molecule has 0 radical (unpaired) electrons. The zero-order chi connectivity index (χ0) is 19.7. The summed E-state index contributed by atoms with van der Waals surface area (Å²) in [5, 5.41) is 17.8. The molecule has 2 N–H and O–H groups in total. The number of aromatic nitrogens is 2. The van der Waals surface area contributed by atoms with E-state index in [0.717, 1.165) is 6.54 Å². The van der Waals surface area contributed by atoms with Crippen LogP contribution in [0.1, 0.15) is 35.2 Å². The molecular weight excluding hydrogens is 348 g/mol. The second-order valence-corrected chi connectivity index (χ2v) is 6.97. The Kier molecular flexibility index (Phi) is 5.18. The van der Waals surface area contributed by atoms with Crippen molar-refractivity contribution in [1.29, 1.82) is 0 Å². The van der Waals surface area contributed by atoms with Gasteiger partial charge in [-0.1, -0.05) is 0 Å². The van der Waals surface area contributed by atoms with E-state index < -0.39 is 17.7 Å². The molecular formula is C19H24N4O4. The minimum atomic E-state index is -0.754. The summed E-state index contributed by atoms with van der Waals surface area (Å²) in [6.45, 7) is 4.64. The smallest absolute Gasteiger partial charge is 0.295 e. The Morgan fingerprint density at radius 2 is 2.11 bits per heavy atom. The molecule has 2 aromatic rings. The molecule has 0 saturated carbocycles.